The molecule has 2 aromatic heterocycles. The summed E-state index contributed by atoms with van der Waals surface area (Å²) in [7, 11) is 0. The highest BCUT2D eigenvalue weighted by atomic mass is 16.5. The van der Waals surface area contributed by atoms with Gasteiger partial charge in [-0.1, -0.05) is 33.1 Å². The number of fused-ring (bicyclic) bond motifs is 1. The van der Waals surface area contributed by atoms with Crippen molar-refractivity contribution in [1.29, 1.82) is 0 Å². The average molecular weight is 438 g/mol. The van der Waals surface area contributed by atoms with Gasteiger partial charge in [0.2, 0.25) is 5.91 Å². The van der Waals surface area contributed by atoms with Gasteiger partial charge in [-0.25, -0.2) is 0 Å². The molecule has 2 aromatic rings. The first-order valence-corrected chi connectivity index (χ1v) is 11.5. The number of nitrogens with two attached hydrogens (primary N) is 2. The van der Waals surface area contributed by atoms with E-state index in [2.05, 4.69) is 23.9 Å². The van der Waals surface area contributed by atoms with Gasteiger partial charge >= 0.3 is 0 Å². The van der Waals surface area contributed by atoms with Crippen molar-refractivity contribution in [3.05, 3.63) is 35.9 Å². The molecule has 0 radical (unpaired) electrons. The molecule has 0 bridgehead atoms. The second kappa shape index (κ2) is 7.13. The van der Waals surface area contributed by atoms with Gasteiger partial charge in [-0.15, -0.1) is 0 Å². The molecule has 170 valence electrons. The van der Waals surface area contributed by atoms with E-state index in [1.807, 2.05) is 23.0 Å². The Morgan fingerprint density at radius 2 is 1.91 bits per heavy atom. The number of aromatic nitrogens is 3. The molecule has 4 N–H and O–H groups in total. The molecule has 4 heterocycles. The molecule has 2 amide bonds. The molecule has 3 aliphatic rings. The lowest BCUT2D eigenvalue weighted by Crippen LogP contribution is -2.79. The highest BCUT2D eigenvalue weighted by Gasteiger charge is 2.72. The number of pyridine rings is 1. The molecule has 1 saturated carbocycles. The smallest absolute Gasteiger partial charge is 0.251 e. The van der Waals surface area contributed by atoms with Crippen LogP contribution in [0.4, 0.5) is 0 Å². The minimum Gasteiger partial charge on any atom is -0.369 e. The molecule has 0 aromatic carbocycles. The van der Waals surface area contributed by atoms with E-state index in [0.29, 0.717) is 5.69 Å². The van der Waals surface area contributed by atoms with Gasteiger partial charge in [0.15, 0.2) is 11.0 Å². The summed E-state index contributed by atoms with van der Waals surface area (Å²) in [6.07, 6.45) is 9.06. The number of hydrogen-bond donors (Lipinski definition) is 2. The van der Waals surface area contributed by atoms with Crippen molar-refractivity contribution in [1.82, 2.24) is 14.8 Å². The Morgan fingerprint density at radius 1 is 1.16 bits per heavy atom. The van der Waals surface area contributed by atoms with E-state index in [1.54, 1.807) is 6.20 Å². The molecule has 5 rings (SSSR count). The second-order valence-corrected chi connectivity index (χ2v) is 10.4. The zero-order valence-corrected chi connectivity index (χ0v) is 18.8. The van der Waals surface area contributed by atoms with E-state index >= 15 is 0 Å². The fourth-order valence-electron chi connectivity index (χ4n) is 6.20. The number of rotatable bonds is 5. The van der Waals surface area contributed by atoms with E-state index in [0.717, 1.165) is 56.2 Å². The van der Waals surface area contributed by atoms with E-state index < -0.39 is 22.8 Å². The van der Waals surface area contributed by atoms with Crippen molar-refractivity contribution in [2.24, 2.45) is 22.8 Å². The minimum atomic E-state index is -1.45. The van der Waals surface area contributed by atoms with Crippen LogP contribution in [-0.4, -0.2) is 38.8 Å². The van der Waals surface area contributed by atoms with Crippen LogP contribution in [0.2, 0.25) is 0 Å². The van der Waals surface area contributed by atoms with E-state index in [4.69, 9.17) is 16.2 Å². The number of nitrogens with zero attached hydrogens (tertiary/aromatic N) is 3. The van der Waals surface area contributed by atoms with E-state index in [9.17, 15) is 9.59 Å². The first-order valence-electron chi connectivity index (χ1n) is 11.5. The third-order valence-corrected chi connectivity index (χ3v) is 7.80. The molecular weight excluding hydrogens is 406 g/mol. The van der Waals surface area contributed by atoms with Gasteiger partial charge in [0.05, 0.1) is 18.5 Å². The zero-order chi connectivity index (χ0) is 22.7. The molecule has 8 heteroatoms. The topological polar surface area (TPSA) is 126 Å². The summed E-state index contributed by atoms with van der Waals surface area (Å²) in [5, 5.41) is 4.57. The maximum Gasteiger partial charge on any atom is 0.251 e. The maximum atomic E-state index is 13.0. The molecule has 2 atom stereocenters. The van der Waals surface area contributed by atoms with Crippen LogP contribution < -0.4 is 11.5 Å². The van der Waals surface area contributed by atoms with Crippen LogP contribution in [0, 0.1) is 11.3 Å². The van der Waals surface area contributed by atoms with Crippen LogP contribution in [0.5, 0.6) is 0 Å². The predicted octanol–water partition coefficient (Wildman–Crippen LogP) is 2.09. The van der Waals surface area contributed by atoms with Crippen molar-refractivity contribution < 1.29 is 14.3 Å². The highest BCUT2D eigenvalue weighted by Crippen LogP contribution is 2.54. The van der Waals surface area contributed by atoms with Crippen molar-refractivity contribution in [2.75, 3.05) is 6.61 Å². The molecule has 32 heavy (non-hydrogen) atoms. The quantitative estimate of drug-likeness (QED) is 0.741. The van der Waals surface area contributed by atoms with Crippen LogP contribution in [-0.2, 0) is 32.7 Å². The first kappa shape index (κ1) is 21.1. The molecule has 2 unspecified atom stereocenters. The molecule has 0 spiro atoms. The standard InChI is InChI=1S/C24H31N5O3/c1-22(2)11-18-17(12-28-29(18)13-22)15-8-9-27-19(10-15)23(20(25)30)14-32-24(23,21(26)31)16-6-4-3-5-7-16/h8-10,12,16H,3-7,11,13-14H2,1-2H3,(H2,25,30)(H2,26,31). The lowest BCUT2D eigenvalue weighted by Gasteiger charge is -2.58. The number of amides is 2. The molecule has 1 saturated heterocycles. The first-order chi connectivity index (χ1) is 15.2. The van der Waals surface area contributed by atoms with Crippen LogP contribution in [0.1, 0.15) is 57.3 Å². The molecule has 2 aliphatic heterocycles. The fourth-order valence-corrected chi connectivity index (χ4v) is 6.20. The van der Waals surface area contributed by atoms with Crippen LogP contribution >= 0.6 is 0 Å². The van der Waals surface area contributed by atoms with Crippen LogP contribution in [0.3, 0.4) is 0 Å². The van der Waals surface area contributed by atoms with Gasteiger partial charge in [0.1, 0.15) is 0 Å². The largest absolute Gasteiger partial charge is 0.369 e. The highest BCUT2D eigenvalue weighted by molar-refractivity contribution is 6.00. The molecule has 1 aliphatic carbocycles. The second-order valence-electron chi connectivity index (χ2n) is 10.4. The fraction of sp³-hybridized carbons (Fsp3) is 0.583. The van der Waals surface area contributed by atoms with Gasteiger partial charge in [-0.2, -0.15) is 5.10 Å². The normalized spacial score (nSPS) is 29.3. The Balaban J connectivity index is 1.61. The van der Waals surface area contributed by atoms with Crippen molar-refractivity contribution in [3.8, 4) is 11.1 Å². The Morgan fingerprint density at radius 3 is 2.53 bits per heavy atom. The van der Waals surface area contributed by atoms with Gasteiger partial charge < -0.3 is 16.2 Å². The molecule has 8 nitrogen and oxygen atoms in total. The Kier molecular flexibility index (Phi) is 4.71. The zero-order valence-electron chi connectivity index (χ0n) is 18.8. The third-order valence-electron chi connectivity index (χ3n) is 7.80. The van der Waals surface area contributed by atoms with Crippen LogP contribution in [0.25, 0.3) is 11.1 Å². The number of primary amides is 2. The van der Waals surface area contributed by atoms with Crippen molar-refractivity contribution in [2.45, 2.75) is 69.9 Å². The van der Waals surface area contributed by atoms with Gasteiger partial charge in [-0.3, -0.25) is 19.3 Å². The third kappa shape index (κ3) is 2.78. The minimum absolute atomic E-state index is 0.0113. The lowest BCUT2D eigenvalue weighted by molar-refractivity contribution is -0.241. The Labute approximate surface area is 187 Å². The van der Waals surface area contributed by atoms with Gasteiger partial charge in [0.25, 0.3) is 5.91 Å². The number of carbonyl (C=O) groups excluding carboxylic acids is 2. The maximum absolute atomic E-state index is 13.0. The lowest BCUT2D eigenvalue weighted by atomic mass is 9.56. The van der Waals surface area contributed by atoms with Crippen molar-refractivity contribution >= 4 is 11.8 Å². The summed E-state index contributed by atoms with van der Waals surface area (Å²) < 4.78 is 7.99. The molecule has 2 fully saturated rings. The summed E-state index contributed by atoms with van der Waals surface area (Å²) in [6.45, 7) is 5.33. The van der Waals surface area contributed by atoms with Gasteiger partial charge in [0, 0.05) is 24.0 Å². The SMILES string of the molecule is CC1(C)Cc2c(-c3ccnc(C4(C(N)=O)COC4(C(N)=O)C4CCCCC4)c3)cnn2C1. The monoisotopic (exact) mass is 437 g/mol. The summed E-state index contributed by atoms with van der Waals surface area (Å²) in [4.78, 5) is 30.4. The number of hydrogen-bond acceptors (Lipinski definition) is 5. The Bertz CT molecular complexity index is 1090. The summed E-state index contributed by atoms with van der Waals surface area (Å²) >= 11 is 0. The molecular formula is C24H31N5O3. The average Bonchev–Trinajstić information content (AvgIpc) is 3.23. The predicted molar refractivity (Wildman–Crippen MR) is 118 cm³/mol. The van der Waals surface area contributed by atoms with Crippen molar-refractivity contribution in [3.63, 3.8) is 0 Å². The van der Waals surface area contributed by atoms with Crippen LogP contribution in [0.15, 0.2) is 24.5 Å². The summed E-state index contributed by atoms with van der Waals surface area (Å²) in [6, 6.07) is 3.78. The van der Waals surface area contributed by atoms with Gasteiger partial charge in [-0.05, 0) is 48.3 Å². The van der Waals surface area contributed by atoms with E-state index in [-0.39, 0.29) is 17.9 Å². The number of ether oxygens (including phenoxy) is 1. The number of carbonyl (C=O) groups is 2. The summed E-state index contributed by atoms with van der Waals surface area (Å²) in [5.41, 5.74) is 12.8. The Hall–Kier alpha value is -2.74. The van der Waals surface area contributed by atoms with E-state index in [1.165, 1.54) is 5.69 Å². The summed E-state index contributed by atoms with van der Waals surface area (Å²) in [5.74, 6) is -1.39.